The first-order chi connectivity index (χ1) is 9.17. The molecule has 0 radical (unpaired) electrons. The van der Waals surface area contributed by atoms with Gasteiger partial charge in [0, 0.05) is 6.04 Å². The Kier molecular flexibility index (Phi) is 4.63. The Morgan fingerprint density at radius 1 is 1.16 bits per heavy atom. The Hall–Kier alpha value is -1.74. The van der Waals surface area contributed by atoms with E-state index in [4.69, 9.17) is 9.15 Å². The van der Waals surface area contributed by atoms with E-state index in [1.165, 1.54) is 5.56 Å². The fourth-order valence-corrected chi connectivity index (χ4v) is 2.04. The van der Waals surface area contributed by atoms with E-state index < -0.39 is 0 Å². The lowest BCUT2D eigenvalue weighted by Crippen LogP contribution is -2.27. The second kappa shape index (κ2) is 6.43. The third kappa shape index (κ3) is 4.14. The molecule has 0 amide bonds. The molecule has 0 aliphatic carbocycles. The Morgan fingerprint density at radius 3 is 2.47 bits per heavy atom. The highest BCUT2D eigenvalue weighted by atomic mass is 16.5. The van der Waals surface area contributed by atoms with Gasteiger partial charge >= 0.3 is 0 Å². The van der Waals surface area contributed by atoms with Crippen LogP contribution in [0.15, 0.2) is 40.8 Å². The minimum atomic E-state index is 0.402. The largest absolute Gasteiger partial charge is 0.497 e. The zero-order valence-corrected chi connectivity index (χ0v) is 11.8. The molecule has 0 fully saturated rings. The molecule has 19 heavy (non-hydrogen) atoms. The van der Waals surface area contributed by atoms with Gasteiger partial charge in [-0.05, 0) is 50.1 Å². The van der Waals surface area contributed by atoms with E-state index in [1.54, 1.807) is 7.11 Å². The summed E-state index contributed by atoms with van der Waals surface area (Å²) < 4.78 is 10.7. The van der Waals surface area contributed by atoms with E-state index >= 15 is 0 Å². The van der Waals surface area contributed by atoms with Gasteiger partial charge in [-0.1, -0.05) is 12.1 Å². The summed E-state index contributed by atoms with van der Waals surface area (Å²) >= 11 is 0. The molecule has 3 heteroatoms. The van der Waals surface area contributed by atoms with Gasteiger partial charge in [-0.15, -0.1) is 0 Å². The van der Waals surface area contributed by atoms with Gasteiger partial charge < -0.3 is 14.5 Å². The van der Waals surface area contributed by atoms with Crippen molar-refractivity contribution < 1.29 is 9.15 Å². The van der Waals surface area contributed by atoms with Gasteiger partial charge in [0.05, 0.1) is 13.7 Å². The molecular formula is C16H21NO2. The van der Waals surface area contributed by atoms with E-state index in [1.807, 2.05) is 31.2 Å². The van der Waals surface area contributed by atoms with Crippen molar-refractivity contribution in [1.29, 1.82) is 0 Å². The predicted molar refractivity (Wildman–Crippen MR) is 76.4 cm³/mol. The predicted octanol–water partition coefficient (Wildman–Crippen LogP) is 3.32. The van der Waals surface area contributed by atoms with Gasteiger partial charge in [0.15, 0.2) is 0 Å². The highest BCUT2D eigenvalue weighted by Gasteiger charge is 2.05. The normalized spacial score (nSPS) is 12.4. The van der Waals surface area contributed by atoms with Crippen molar-refractivity contribution >= 4 is 0 Å². The summed E-state index contributed by atoms with van der Waals surface area (Å²) in [6, 6.07) is 12.6. The summed E-state index contributed by atoms with van der Waals surface area (Å²) in [6.07, 6.45) is 0.990. The summed E-state index contributed by atoms with van der Waals surface area (Å²) in [5, 5.41) is 3.46. The molecule has 1 aromatic heterocycles. The number of rotatable bonds is 6. The van der Waals surface area contributed by atoms with E-state index in [0.29, 0.717) is 6.04 Å². The first-order valence-corrected chi connectivity index (χ1v) is 6.59. The smallest absolute Gasteiger partial charge is 0.118 e. The maximum absolute atomic E-state index is 5.54. The van der Waals surface area contributed by atoms with Crippen molar-refractivity contribution in [3.63, 3.8) is 0 Å². The quantitative estimate of drug-likeness (QED) is 0.864. The molecule has 102 valence electrons. The maximum atomic E-state index is 5.54. The average molecular weight is 259 g/mol. The summed E-state index contributed by atoms with van der Waals surface area (Å²) in [4.78, 5) is 0. The van der Waals surface area contributed by atoms with Gasteiger partial charge in [-0.3, -0.25) is 0 Å². The molecule has 1 heterocycles. The van der Waals surface area contributed by atoms with E-state index in [2.05, 4.69) is 24.4 Å². The molecule has 0 bridgehead atoms. The van der Waals surface area contributed by atoms with Crippen LogP contribution in [0.5, 0.6) is 5.75 Å². The lowest BCUT2D eigenvalue weighted by atomic mass is 10.1. The van der Waals surface area contributed by atoms with Gasteiger partial charge in [0.2, 0.25) is 0 Å². The van der Waals surface area contributed by atoms with Crippen LogP contribution in [-0.4, -0.2) is 13.2 Å². The average Bonchev–Trinajstić information content (AvgIpc) is 2.83. The highest BCUT2D eigenvalue weighted by Crippen LogP contribution is 2.13. The standard InChI is InChI=1S/C16H21NO2/c1-12(17-11-16-7-4-13(2)19-16)10-14-5-8-15(18-3)9-6-14/h4-9,12,17H,10-11H2,1-3H3. The number of ether oxygens (including phenoxy) is 1. The molecule has 0 aliphatic heterocycles. The van der Waals surface area contributed by atoms with E-state index in [9.17, 15) is 0 Å². The molecule has 2 rings (SSSR count). The monoisotopic (exact) mass is 259 g/mol. The molecule has 1 atom stereocenters. The van der Waals surface area contributed by atoms with E-state index in [0.717, 1.165) is 30.2 Å². The number of furan rings is 1. The van der Waals surface area contributed by atoms with Gasteiger partial charge in [-0.2, -0.15) is 0 Å². The van der Waals surface area contributed by atoms with Crippen LogP contribution in [-0.2, 0) is 13.0 Å². The molecule has 0 spiro atoms. The summed E-state index contributed by atoms with van der Waals surface area (Å²) in [7, 11) is 1.69. The fraction of sp³-hybridized carbons (Fsp3) is 0.375. The lowest BCUT2D eigenvalue weighted by Gasteiger charge is -2.13. The molecule has 0 aliphatic rings. The number of nitrogens with one attached hydrogen (secondary N) is 1. The van der Waals surface area contributed by atoms with Crippen LogP contribution < -0.4 is 10.1 Å². The number of aryl methyl sites for hydroxylation is 1. The summed E-state index contributed by atoms with van der Waals surface area (Å²) in [5.74, 6) is 2.84. The number of benzene rings is 1. The van der Waals surface area contributed by atoms with Gasteiger partial charge in [0.25, 0.3) is 0 Å². The molecule has 0 saturated carbocycles. The third-order valence-corrected chi connectivity index (χ3v) is 3.12. The number of hydrogen-bond acceptors (Lipinski definition) is 3. The highest BCUT2D eigenvalue weighted by molar-refractivity contribution is 5.27. The van der Waals surface area contributed by atoms with Crippen molar-refractivity contribution in [2.45, 2.75) is 32.9 Å². The van der Waals surface area contributed by atoms with Crippen LogP contribution in [0.25, 0.3) is 0 Å². The van der Waals surface area contributed by atoms with Gasteiger partial charge in [0.1, 0.15) is 17.3 Å². The zero-order chi connectivity index (χ0) is 13.7. The van der Waals surface area contributed by atoms with Crippen LogP contribution >= 0.6 is 0 Å². The van der Waals surface area contributed by atoms with Crippen molar-refractivity contribution in [2.24, 2.45) is 0 Å². The zero-order valence-electron chi connectivity index (χ0n) is 11.8. The Morgan fingerprint density at radius 2 is 1.89 bits per heavy atom. The molecule has 1 aromatic carbocycles. The third-order valence-electron chi connectivity index (χ3n) is 3.12. The van der Waals surface area contributed by atoms with Crippen LogP contribution in [0.3, 0.4) is 0 Å². The Labute approximate surface area is 114 Å². The molecule has 3 nitrogen and oxygen atoms in total. The maximum Gasteiger partial charge on any atom is 0.118 e. The minimum absolute atomic E-state index is 0.402. The molecule has 2 aromatic rings. The van der Waals surface area contributed by atoms with Crippen LogP contribution in [0.4, 0.5) is 0 Å². The molecule has 1 unspecified atom stereocenters. The Bertz CT molecular complexity index is 502. The topological polar surface area (TPSA) is 34.4 Å². The van der Waals surface area contributed by atoms with Gasteiger partial charge in [-0.25, -0.2) is 0 Å². The summed E-state index contributed by atoms with van der Waals surface area (Å²) in [6.45, 7) is 4.91. The van der Waals surface area contributed by atoms with Crippen LogP contribution in [0.1, 0.15) is 24.0 Å². The molecule has 1 N–H and O–H groups in total. The van der Waals surface area contributed by atoms with Crippen molar-refractivity contribution in [1.82, 2.24) is 5.32 Å². The second-order valence-electron chi connectivity index (χ2n) is 4.85. The number of hydrogen-bond donors (Lipinski definition) is 1. The van der Waals surface area contributed by atoms with Crippen LogP contribution in [0.2, 0.25) is 0 Å². The van der Waals surface area contributed by atoms with Crippen molar-refractivity contribution in [3.05, 3.63) is 53.5 Å². The van der Waals surface area contributed by atoms with Crippen molar-refractivity contribution in [3.8, 4) is 5.75 Å². The molecule has 0 saturated heterocycles. The summed E-state index contributed by atoms with van der Waals surface area (Å²) in [5.41, 5.74) is 1.30. The van der Waals surface area contributed by atoms with E-state index in [-0.39, 0.29) is 0 Å². The second-order valence-corrected chi connectivity index (χ2v) is 4.85. The first kappa shape index (κ1) is 13.7. The Balaban J connectivity index is 1.81. The number of methoxy groups -OCH3 is 1. The SMILES string of the molecule is COc1ccc(CC(C)NCc2ccc(C)o2)cc1. The lowest BCUT2D eigenvalue weighted by molar-refractivity contribution is 0.414. The van der Waals surface area contributed by atoms with Crippen molar-refractivity contribution in [2.75, 3.05) is 7.11 Å². The fourth-order valence-electron chi connectivity index (χ4n) is 2.04. The van der Waals surface area contributed by atoms with Crippen LogP contribution in [0, 0.1) is 6.92 Å². The minimum Gasteiger partial charge on any atom is -0.497 e. The first-order valence-electron chi connectivity index (χ1n) is 6.59. The molecular weight excluding hydrogens is 238 g/mol.